The predicted molar refractivity (Wildman–Crippen MR) is 78.5 cm³/mol. The van der Waals surface area contributed by atoms with Crippen molar-refractivity contribution in [3.63, 3.8) is 0 Å². The number of carbonyl (C=O) groups is 1. The number of hydrogen-bond acceptors (Lipinski definition) is 6. The van der Waals surface area contributed by atoms with E-state index in [0.29, 0.717) is 16.9 Å². The van der Waals surface area contributed by atoms with Crippen LogP contribution < -0.4 is 10.1 Å². The summed E-state index contributed by atoms with van der Waals surface area (Å²) in [6.45, 7) is 0.130. The second-order valence-corrected chi connectivity index (χ2v) is 4.49. The lowest BCUT2D eigenvalue weighted by Crippen LogP contribution is -2.14. The SMILES string of the molecule is N#Cc1cccc(OCc2ccoc2C(=O)Nc2ncn[nH]2)c1. The van der Waals surface area contributed by atoms with E-state index < -0.39 is 5.91 Å². The Hall–Kier alpha value is -3.60. The Bertz CT molecular complexity index is 848. The molecule has 3 aromatic rings. The molecular weight excluding hydrogens is 298 g/mol. The number of nitriles is 1. The molecular formula is C15H11N5O3. The topological polar surface area (TPSA) is 117 Å². The van der Waals surface area contributed by atoms with Crippen molar-refractivity contribution in [3.05, 3.63) is 59.8 Å². The average molecular weight is 309 g/mol. The molecule has 2 N–H and O–H groups in total. The monoisotopic (exact) mass is 309 g/mol. The Balaban J connectivity index is 1.68. The fourth-order valence-corrected chi connectivity index (χ4v) is 1.90. The van der Waals surface area contributed by atoms with E-state index in [4.69, 9.17) is 14.4 Å². The highest BCUT2D eigenvalue weighted by molar-refractivity contribution is 6.02. The minimum Gasteiger partial charge on any atom is -0.489 e. The lowest BCUT2D eigenvalue weighted by Gasteiger charge is -2.06. The molecule has 0 unspecified atom stereocenters. The van der Waals surface area contributed by atoms with Gasteiger partial charge in [-0.3, -0.25) is 10.1 Å². The van der Waals surface area contributed by atoms with Gasteiger partial charge in [0.05, 0.1) is 17.9 Å². The molecule has 23 heavy (non-hydrogen) atoms. The van der Waals surface area contributed by atoms with Crippen LogP contribution in [0.3, 0.4) is 0 Å². The summed E-state index contributed by atoms with van der Waals surface area (Å²) in [6, 6.07) is 10.4. The molecule has 0 spiro atoms. The van der Waals surface area contributed by atoms with Gasteiger partial charge in [0.2, 0.25) is 5.95 Å². The van der Waals surface area contributed by atoms with E-state index in [0.717, 1.165) is 0 Å². The predicted octanol–water partition coefficient (Wildman–Crippen LogP) is 2.10. The van der Waals surface area contributed by atoms with Crippen LogP contribution in [-0.4, -0.2) is 21.1 Å². The largest absolute Gasteiger partial charge is 0.489 e. The van der Waals surface area contributed by atoms with Gasteiger partial charge in [-0.25, -0.2) is 5.10 Å². The molecule has 1 aromatic carbocycles. The van der Waals surface area contributed by atoms with E-state index in [1.807, 2.05) is 6.07 Å². The average Bonchev–Trinajstić information content (AvgIpc) is 3.24. The van der Waals surface area contributed by atoms with E-state index in [-0.39, 0.29) is 18.3 Å². The summed E-state index contributed by atoms with van der Waals surface area (Å²) in [5.74, 6) is 0.417. The lowest BCUT2D eigenvalue weighted by molar-refractivity contribution is 0.0992. The standard InChI is InChI=1S/C15H11N5O3/c16-7-10-2-1-3-12(6-10)23-8-11-4-5-22-13(11)14(21)19-15-17-9-18-20-15/h1-6,9H,8H2,(H2,17,18,19,20,21). The minimum absolute atomic E-state index is 0.123. The van der Waals surface area contributed by atoms with Crippen molar-refractivity contribution in [2.24, 2.45) is 0 Å². The number of nitrogens with zero attached hydrogens (tertiary/aromatic N) is 3. The number of amides is 1. The van der Waals surface area contributed by atoms with Crippen molar-refractivity contribution < 1.29 is 13.9 Å². The zero-order chi connectivity index (χ0) is 16.1. The van der Waals surface area contributed by atoms with Gasteiger partial charge in [-0.2, -0.15) is 15.3 Å². The second kappa shape index (κ2) is 6.44. The van der Waals surface area contributed by atoms with Crippen LogP contribution in [0.1, 0.15) is 21.7 Å². The number of anilines is 1. The molecule has 0 saturated heterocycles. The molecule has 8 heteroatoms. The van der Waals surface area contributed by atoms with Crippen LogP contribution in [0.4, 0.5) is 5.95 Å². The van der Waals surface area contributed by atoms with Crippen molar-refractivity contribution in [1.82, 2.24) is 15.2 Å². The number of H-pyrrole nitrogens is 1. The first-order chi connectivity index (χ1) is 11.3. The number of furan rings is 1. The van der Waals surface area contributed by atoms with Gasteiger partial charge in [0, 0.05) is 5.56 Å². The first kappa shape index (κ1) is 14.3. The molecule has 0 aliphatic rings. The fourth-order valence-electron chi connectivity index (χ4n) is 1.90. The third-order valence-electron chi connectivity index (χ3n) is 2.96. The van der Waals surface area contributed by atoms with Gasteiger partial charge < -0.3 is 9.15 Å². The number of rotatable bonds is 5. The van der Waals surface area contributed by atoms with Gasteiger partial charge in [0.15, 0.2) is 5.76 Å². The fraction of sp³-hybridized carbons (Fsp3) is 0.0667. The summed E-state index contributed by atoms with van der Waals surface area (Å²) in [7, 11) is 0. The highest BCUT2D eigenvalue weighted by atomic mass is 16.5. The Kier molecular flexibility index (Phi) is 4.02. The zero-order valence-electron chi connectivity index (χ0n) is 11.8. The Morgan fingerprint density at radius 3 is 3.13 bits per heavy atom. The van der Waals surface area contributed by atoms with Gasteiger partial charge in [-0.1, -0.05) is 6.07 Å². The van der Waals surface area contributed by atoms with Crippen molar-refractivity contribution in [2.75, 3.05) is 5.32 Å². The number of nitrogens with one attached hydrogen (secondary N) is 2. The maximum absolute atomic E-state index is 12.1. The normalized spacial score (nSPS) is 10.0. The van der Waals surface area contributed by atoms with E-state index in [2.05, 4.69) is 20.5 Å². The van der Waals surface area contributed by atoms with Gasteiger partial charge in [-0.05, 0) is 24.3 Å². The number of hydrogen-bond donors (Lipinski definition) is 2. The minimum atomic E-state index is -0.462. The van der Waals surface area contributed by atoms with E-state index in [1.54, 1.807) is 30.3 Å². The molecule has 0 bridgehead atoms. The van der Waals surface area contributed by atoms with Crippen LogP contribution in [0.15, 0.2) is 47.3 Å². The molecule has 2 heterocycles. The number of aromatic nitrogens is 3. The summed E-state index contributed by atoms with van der Waals surface area (Å²) < 4.78 is 10.8. The molecule has 2 aromatic heterocycles. The van der Waals surface area contributed by atoms with Gasteiger partial charge >= 0.3 is 0 Å². The number of benzene rings is 1. The summed E-state index contributed by atoms with van der Waals surface area (Å²) in [5.41, 5.74) is 1.07. The lowest BCUT2D eigenvalue weighted by atomic mass is 10.2. The zero-order valence-corrected chi connectivity index (χ0v) is 11.8. The quantitative estimate of drug-likeness (QED) is 0.745. The Labute approximate surface area is 130 Å². The van der Waals surface area contributed by atoms with Gasteiger partial charge in [-0.15, -0.1) is 0 Å². The van der Waals surface area contributed by atoms with Crippen molar-refractivity contribution >= 4 is 11.9 Å². The van der Waals surface area contributed by atoms with Crippen LogP contribution in [0, 0.1) is 11.3 Å². The highest BCUT2D eigenvalue weighted by Crippen LogP contribution is 2.18. The molecule has 0 radical (unpaired) electrons. The van der Waals surface area contributed by atoms with Crippen molar-refractivity contribution in [3.8, 4) is 11.8 Å². The number of carbonyl (C=O) groups excluding carboxylic acids is 1. The second-order valence-electron chi connectivity index (χ2n) is 4.49. The molecule has 0 aliphatic heterocycles. The molecule has 0 aliphatic carbocycles. The number of aromatic amines is 1. The Morgan fingerprint density at radius 2 is 2.35 bits per heavy atom. The third-order valence-corrected chi connectivity index (χ3v) is 2.96. The van der Waals surface area contributed by atoms with Crippen LogP contribution in [0.5, 0.6) is 5.75 Å². The summed E-state index contributed by atoms with van der Waals surface area (Å²) in [6.07, 6.45) is 2.68. The highest BCUT2D eigenvalue weighted by Gasteiger charge is 2.17. The summed E-state index contributed by atoms with van der Waals surface area (Å²) in [5, 5.41) is 17.5. The molecule has 114 valence electrons. The van der Waals surface area contributed by atoms with Crippen molar-refractivity contribution in [1.29, 1.82) is 5.26 Å². The summed E-state index contributed by atoms with van der Waals surface area (Å²) >= 11 is 0. The molecule has 0 fully saturated rings. The first-order valence-electron chi connectivity index (χ1n) is 6.62. The molecule has 3 rings (SSSR count). The van der Waals surface area contributed by atoms with Crippen molar-refractivity contribution in [2.45, 2.75) is 6.61 Å². The van der Waals surface area contributed by atoms with Crippen LogP contribution in [-0.2, 0) is 6.61 Å². The van der Waals surface area contributed by atoms with Gasteiger partial charge in [0.25, 0.3) is 5.91 Å². The smallest absolute Gasteiger partial charge is 0.294 e. The Morgan fingerprint density at radius 1 is 1.43 bits per heavy atom. The van der Waals surface area contributed by atoms with E-state index in [1.165, 1.54) is 12.6 Å². The van der Waals surface area contributed by atoms with Crippen LogP contribution in [0.2, 0.25) is 0 Å². The molecule has 0 atom stereocenters. The third kappa shape index (κ3) is 3.36. The maximum Gasteiger partial charge on any atom is 0.294 e. The van der Waals surface area contributed by atoms with E-state index >= 15 is 0 Å². The first-order valence-corrected chi connectivity index (χ1v) is 6.62. The van der Waals surface area contributed by atoms with E-state index in [9.17, 15) is 4.79 Å². The molecule has 8 nitrogen and oxygen atoms in total. The van der Waals surface area contributed by atoms with Crippen LogP contribution >= 0.6 is 0 Å². The summed E-state index contributed by atoms with van der Waals surface area (Å²) in [4.78, 5) is 15.9. The molecule has 0 saturated carbocycles. The molecule has 1 amide bonds. The number of ether oxygens (including phenoxy) is 1. The maximum atomic E-state index is 12.1. The van der Waals surface area contributed by atoms with Gasteiger partial charge in [0.1, 0.15) is 18.7 Å². The van der Waals surface area contributed by atoms with Crippen LogP contribution in [0.25, 0.3) is 0 Å².